The van der Waals surface area contributed by atoms with E-state index in [-0.39, 0.29) is 30.6 Å². The van der Waals surface area contributed by atoms with Gasteiger partial charge in [-0.25, -0.2) is 16.8 Å². The maximum atomic E-state index is 13.0. The predicted octanol–water partition coefficient (Wildman–Crippen LogP) is 1.85. The molecule has 27 heavy (non-hydrogen) atoms. The molecule has 1 aromatic carbocycles. The van der Waals surface area contributed by atoms with E-state index in [9.17, 15) is 30.0 Å². The summed E-state index contributed by atoms with van der Waals surface area (Å²) in [7, 11) is -7.15. The molecule has 2 aliphatic heterocycles. The summed E-state index contributed by atoms with van der Waals surface area (Å²) < 4.78 is 88.7. The first kappa shape index (κ1) is 20.8. The zero-order valence-corrected chi connectivity index (χ0v) is 16.5. The lowest BCUT2D eigenvalue weighted by atomic mass is 10.2. The molecular weight excluding hydrogens is 429 g/mol. The first-order valence-corrected chi connectivity index (χ1v) is 11.9. The highest BCUT2D eigenvalue weighted by atomic mass is 35.5. The first-order chi connectivity index (χ1) is 12.4. The highest BCUT2D eigenvalue weighted by Crippen LogP contribution is 2.36. The van der Waals surface area contributed by atoms with Crippen molar-refractivity contribution in [1.82, 2.24) is 9.21 Å². The number of halogens is 4. The number of piperazine rings is 1. The predicted molar refractivity (Wildman–Crippen MR) is 93.8 cm³/mol. The highest BCUT2D eigenvalue weighted by molar-refractivity contribution is 7.91. The minimum atomic E-state index is -4.75. The fourth-order valence-electron chi connectivity index (χ4n) is 3.40. The standard InChI is InChI=1S/C15H18ClF3N2O4S2/c16-14-2-1-12(9-13(14)15(17,18)19)27(24,25)21-6-4-20(5-7-21)11-3-8-26(22,23)10-11/h1-2,9,11H,3-8,10H2. The van der Waals surface area contributed by atoms with Crippen molar-refractivity contribution in [3.05, 3.63) is 28.8 Å². The fraction of sp³-hybridized carbons (Fsp3) is 0.600. The molecule has 2 aliphatic rings. The molecule has 12 heteroatoms. The smallest absolute Gasteiger partial charge is 0.297 e. The molecule has 0 saturated carbocycles. The molecule has 2 heterocycles. The number of rotatable bonds is 3. The average Bonchev–Trinajstić information content (AvgIpc) is 2.94. The molecule has 1 atom stereocenters. The van der Waals surface area contributed by atoms with Gasteiger partial charge in [0.25, 0.3) is 0 Å². The van der Waals surface area contributed by atoms with Crippen LogP contribution in [0.5, 0.6) is 0 Å². The van der Waals surface area contributed by atoms with E-state index in [2.05, 4.69) is 0 Å². The van der Waals surface area contributed by atoms with Crippen LogP contribution < -0.4 is 0 Å². The number of nitrogens with zero attached hydrogens (tertiary/aromatic N) is 2. The molecule has 6 nitrogen and oxygen atoms in total. The van der Waals surface area contributed by atoms with Gasteiger partial charge in [-0.15, -0.1) is 0 Å². The molecule has 152 valence electrons. The van der Waals surface area contributed by atoms with Crippen LogP contribution in [-0.4, -0.2) is 69.8 Å². The summed E-state index contributed by atoms with van der Waals surface area (Å²) in [5.41, 5.74) is -1.19. The summed E-state index contributed by atoms with van der Waals surface area (Å²) in [5, 5.41) is -0.561. The van der Waals surface area contributed by atoms with Gasteiger partial charge in [0.1, 0.15) is 0 Å². The Morgan fingerprint density at radius 1 is 1.11 bits per heavy atom. The number of hydrogen-bond donors (Lipinski definition) is 0. The lowest BCUT2D eigenvalue weighted by Crippen LogP contribution is -2.52. The third kappa shape index (κ3) is 4.42. The minimum Gasteiger partial charge on any atom is -0.297 e. The zero-order chi connectivity index (χ0) is 20.0. The van der Waals surface area contributed by atoms with Gasteiger partial charge < -0.3 is 0 Å². The molecule has 2 saturated heterocycles. The van der Waals surface area contributed by atoms with Crippen LogP contribution in [0, 0.1) is 0 Å². The van der Waals surface area contributed by atoms with Gasteiger partial charge in [-0.1, -0.05) is 11.6 Å². The fourth-order valence-corrected chi connectivity index (χ4v) is 6.84. The average molecular weight is 447 g/mol. The van der Waals surface area contributed by atoms with Crippen LogP contribution >= 0.6 is 11.6 Å². The van der Waals surface area contributed by atoms with Crippen LogP contribution in [0.1, 0.15) is 12.0 Å². The SMILES string of the molecule is O=S1(=O)CCC(N2CCN(S(=O)(=O)c3ccc(Cl)c(C(F)(F)F)c3)CC2)C1. The number of hydrogen-bond acceptors (Lipinski definition) is 5. The van der Waals surface area contributed by atoms with Gasteiger partial charge in [0.05, 0.1) is 27.0 Å². The molecular formula is C15H18ClF3N2O4S2. The van der Waals surface area contributed by atoms with Gasteiger partial charge >= 0.3 is 6.18 Å². The molecule has 0 spiro atoms. The van der Waals surface area contributed by atoms with Gasteiger partial charge in [0.2, 0.25) is 10.0 Å². The molecule has 0 amide bonds. The van der Waals surface area contributed by atoms with E-state index in [4.69, 9.17) is 11.6 Å². The van der Waals surface area contributed by atoms with Crippen LogP contribution in [0.15, 0.2) is 23.1 Å². The molecule has 0 bridgehead atoms. The Morgan fingerprint density at radius 2 is 1.74 bits per heavy atom. The number of benzene rings is 1. The lowest BCUT2D eigenvalue weighted by molar-refractivity contribution is -0.137. The Labute approximate surface area is 160 Å². The Bertz CT molecular complexity index is 927. The Morgan fingerprint density at radius 3 is 2.26 bits per heavy atom. The monoisotopic (exact) mass is 446 g/mol. The topological polar surface area (TPSA) is 74.8 Å². The summed E-state index contributed by atoms with van der Waals surface area (Å²) in [4.78, 5) is 1.47. The first-order valence-electron chi connectivity index (χ1n) is 8.21. The van der Waals surface area contributed by atoms with Crippen LogP contribution in [-0.2, 0) is 26.0 Å². The van der Waals surface area contributed by atoms with Crippen molar-refractivity contribution >= 4 is 31.5 Å². The maximum Gasteiger partial charge on any atom is 0.417 e. The third-order valence-corrected chi connectivity index (χ3v) is 8.85. The molecule has 0 N–H and O–H groups in total. The molecule has 2 fully saturated rings. The van der Waals surface area contributed by atoms with Crippen LogP contribution in [0.3, 0.4) is 0 Å². The molecule has 0 aliphatic carbocycles. The lowest BCUT2D eigenvalue weighted by Gasteiger charge is -2.37. The van der Waals surface area contributed by atoms with E-state index in [1.54, 1.807) is 0 Å². The van der Waals surface area contributed by atoms with Gasteiger partial charge in [0, 0.05) is 32.2 Å². The Balaban J connectivity index is 1.74. The third-order valence-electron chi connectivity index (χ3n) is 4.88. The van der Waals surface area contributed by atoms with Crippen LogP contribution in [0.4, 0.5) is 13.2 Å². The van der Waals surface area contributed by atoms with Gasteiger partial charge in [-0.05, 0) is 24.6 Å². The summed E-state index contributed by atoms with van der Waals surface area (Å²) in [6.07, 6.45) is -4.24. The van der Waals surface area contributed by atoms with Crippen molar-refractivity contribution in [2.75, 3.05) is 37.7 Å². The van der Waals surface area contributed by atoms with Gasteiger partial charge in [0.15, 0.2) is 9.84 Å². The zero-order valence-electron chi connectivity index (χ0n) is 14.1. The van der Waals surface area contributed by atoms with Crippen molar-refractivity contribution in [3.8, 4) is 0 Å². The summed E-state index contributed by atoms with van der Waals surface area (Å²) >= 11 is 5.55. The summed E-state index contributed by atoms with van der Waals surface area (Å²) in [5.74, 6) is 0.188. The van der Waals surface area contributed by atoms with Crippen molar-refractivity contribution in [1.29, 1.82) is 0 Å². The number of sulfonamides is 1. The van der Waals surface area contributed by atoms with Crippen molar-refractivity contribution in [2.45, 2.75) is 23.5 Å². The Kier molecular flexibility index (Phi) is 5.54. The normalized spacial score (nSPS) is 25.0. The van der Waals surface area contributed by atoms with Crippen LogP contribution in [0.25, 0.3) is 0 Å². The minimum absolute atomic E-state index is 0.0614. The van der Waals surface area contributed by atoms with Gasteiger partial charge in [-0.2, -0.15) is 17.5 Å². The number of sulfone groups is 1. The van der Waals surface area contributed by atoms with E-state index in [0.717, 1.165) is 16.4 Å². The molecule has 3 rings (SSSR count). The van der Waals surface area contributed by atoms with Crippen molar-refractivity contribution in [2.24, 2.45) is 0 Å². The summed E-state index contributed by atoms with van der Waals surface area (Å²) in [6, 6.07) is 2.40. The van der Waals surface area contributed by atoms with E-state index in [1.807, 2.05) is 4.90 Å². The second-order valence-corrected chi connectivity index (χ2v) is 11.2. The second-order valence-electron chi connectivity index (χ2n) is 6.64. The summed E-state index contributed by atoms with van der Waals surface area (Å²) in [6.45, 7) is 0.837. The Hall–Kier alpha value is -0.880. The quantitative estimate of drug-likeness (QED) is 0.708. The molecule has 1 unspecified atom stereocenters. The second kappa shape index (κ2) is 7.18. The molecule has 0 aromatic heterocycles. The van der Waals surface area contributed by atoms with Crippen LogP contribution in [0.2, 0.25) is 5.02 Å². The van der Waals surface area contributed by atoms with Gasteiger partial charge in [-0.3, -0.25) is 4.90 Å². The largest absolute Gasteiger partial charge is 0.417 e. The van der Waals surface area contributed by atoms with E-state index < -0.39 is 41.5 Å². The van der Waals surface area contributed by atoms with Crippen molar-refractivity contribution < 1.29 is 30.0 Å². The maximum absolute atomic E-state index is 13.0. The van der Waals surface area contributed by atoms with E-state index >= 15 is 0 Å². The number of alkyl halides is 3. The molecule has 0 radical (unpaired) electrons. The molecule has 1 aromatic rings. The highest BCUT2D eigenvalue weighted by Gasteiger charge is 2.38. The van der Waals surface area contributed by atoms with E-state index in [1.165, 1.54) is 0 Å². The van der Waals surface area contributed by atoms with E-state index in [0.29, 0.717) is 25.6 Å². The van der Waals surface area contributed by atoms with Crippen molar-refractivity contribution in [3.63, 3.8) is 0 Å².